The van der Waals surface area contributed by atoms with Gasteiger partial charge in [0, 0.05) is 10.9 Å². The summed E-state index contributed by atoms with van der Waals surface area (Å²) < 4.78 is 5.19. The van der Waals surface area contributed by atoms with E-state index in [1.165, 1.54) is 28.7 Å². The molecule has 3 rings (SSSR count). The lowest BCUT2D eigenvalue weighted by Gasteiger charge is -2.15. The molecule has 130 valence electrons. The van der Waals surface area contributed by atoms with Gasteiger partial charge in [-0.2, -0.15) is 0 Å². The fraction of sp³-hybridized carbons (Fsp3) is 0.588. The van der Waals surface area contributed by atoms with Crippen molar-refractivity contribution in [2.24, 2.45) is 0 Å². The molecule has 3 amide bonds. The summed E-state index contributed by atoms with van der Waals surface area (Å²) in [6.07, 6.45) is 6.19. The van der Waals surface area contributed by atoms with Crippen molar-refractivity contribution >= 4 is 29.2 Å². The third kappa shape index (κ3) is 3.95. The number of rotatable bonds is 4. The van der Waals surface area contributed by atoms with Crippen molar-refractivity contribution in [2.45, 2.75) is 64.0 Å². The molecule has 6 nitrogen and oxygen atoms in total. The monoisotopic (exact) mass is 350 g/mol. The maximum absolute atomic E-state index is 12.1. The van der Waals surface area contributed by atoms with Crippen molar-refractivity contribution in [1.82, 2.24) is 10.6 Å². The fourth-order valence-electron chi connectivity index (χ4n) is 3.21. The Morgan fingerprint density at radius 1 is 1.21 bits per heavy atom. The number of urea groups is 1. The number of hydrogen-bond donors (Lipinski definition) is 2. The number of thiophene rings is 1. The van der Waals surface area contributed by atoms with Crippen LogP contribution in [-0.2, 0) is 22.4 Å². The smallest absolute Gasteiger partial charge is 0.349 e. The summed E-state index contributed by atoms with van der Waals surface area (Å²) in [6, 6.07) is 1.46. The first kappa shape index (κ1) is 17.0. The Morgan fingerprint density at radius 3 is 2.67 bits per heavy atom. The lowest BCUT2D eigenvalue weighted by atomic mass is 10.2. The van der Waals surface area contributed by atoms with Crippen LogP contribution in [0.25, 0.3) is 0 Å². The molecule has 0 aromatic carbocycles. The highest BCUT2D eigenvalue weighted by Gasteiger charge is 2.25. The first-order valence-electron chi connectivity index (χ1n) is 8.47. The van der Waals surface area contributed by atoms with Crippen LogP contribution in [0, 0.1) is 0 Å². The van der Waals surface area contributed by atoms with Crippen LogP contribution in [0.2, 0.25) is 0 Å². The lowest BCUT2D eigenvalue weighted by Crippen LogP contribution is -2.47. The minimum atomic E-state index is -1.01. The molecular weight excluding hydrogens is 328 g/mol. The summed E-state index contributed by atoms with van der Waals surface area (Å²) in [7, 11) is 0. The summed E-state index contributed by atoms with van der Waals surface area (Å²) in [6.45, 7) is 1.47. The number of nitrogens with one attached hydrogen (secondary N) is 2. The van der Waals surface area contributed by atoms with Crippen molar-refractivity contribution in [3.8, 4) is 0 Å². The number of carbonyl (C=O) groups excluding carboxylic acids is 3. The maximum Gasteiger partial charge on any atom is 0.349 e. The van der Waals surface area contributed by atoms with Crippen molar-refractivity contribution in [1.29, 1.82) is 0 Å². The van der Waals surface area contributed by atoms with Gasteiger partial charge in [0.15, 0.2) is 6.10 Å². The molecule has 2 aliphatic rings. The number of amides is 3. The van der Waals surface area contributed by atoms with E-state index in [1.54, 1.807) is 0 Å². The molecule has 0 bridgehead atoms. The van der Waals surface area contributed by atoms with Gasteiger partial charge < -0.3 is 10.1 Å². The molecule has 1 saturated carbocycles. The number of imide groups is 1. The van der Waals surface area contributed by atoms with E-state index >= 15 is 0 Å². The van der Waals surface area contributed by atoms with Crippen LogP contribution in [0.15, 0.2) is 6.07 Å². The minimum Gasteiger partial charge on any atom is -0.448 e. The average molecular weight is 350 g/mol. The third-order valence-electron chi connectivity index (χ3n) is 4.53. The molecule has 1 atom stereocenters. The molecule has 0 radical (unpaired) electrons. The summed E-state index contributed by atoms with van der Waals surface area (Å²) in [4.78, 5) is 37.7. The number of fused-ring (bicyclic) bond motifs is 1. The van der Waals surface area contributed by atoms with Gasteiger partial charge in [0.1, 0.15) is 4.88 Å². The molecule has 24 heavy (non-hydrogen) atoms. The van der Waals surface area contributed by atoms with E-state index in [4.69, 9.17) is 4.74 Å². The van der Waals surface area contributed by atoms with E-state index in [0.717, 1.165) is 44.9 Å². The van der Waals surface area contributed by atoms with Crippen LogP contribution in [-0.4, -0.2) is 30.1 Å². The van der Waals surface area contributed by atoms with Crippen molar-refractivity contribution in [2.75, 3.05) is 0 Å². The molecule has 0 saturated heterocycles. The van der Waals surface area contributed by atoms with Gasteiger partial charge >= 0.3 is 12.0 Å². The first-order chi connectivity index (χ1) is 11.5. The standard InChI is InChI=1S/C17H22N2O4S/c1-10(15(20)19-17(22)18-12-6-2-3-7-12)23-16(21)14-9-11-5-4-8-13(11)24-14/h9-10,12H,2-8H2,1H3,(H2,18,19,20,22)/t10-/m0/s1. The number of carbonyl (C=O) groups is 3. The Bertz CT molecular complexity index is 628. The van der Waals surface area contributed by atoms with Gasteiger partial charge in [-0.1, -0.05) is 12.8 Å². The predicted octanol–water partition coefficient (Wildman–Crippen LogP) is 2.55. The van der Waals surface area contributed by atoms with Gasteiger partial charge in [-0.25, -0.2) is 9.59 Å². The van der Waals surface area contributed by atoms with E-state index in [0.29, 0.717) is 4.88 Å². The van der Waals surface area contributed by atoms with Gasteiger partial charge in [0.2, 0.25) is 0 Å². The van der Waals surface area contributed by atoms with Gasteiger partial charge in [0.25, 0.3) is 5.91 Å². The SMILES string of the molecule is C[C@H](OC(=O)c1cc2c(s1)CCC2)C(=O)NC(=O)NC1CCCC1. The highest BCUT2D eigenvalue weighted by Crippen LogP contribution is 2.31. The topological polar surface area (TPSA) is 84.5 Å². The zero-order valence-electron chi connectivity index (χ0n) is 13.7. The Labute approximate surface area is 145 Å². The van der Waals surface area contributed by atoms with Gasteiger partial charge in [0.05, 0.1) is 0 Å². The highest BCUT2D eigenvalue weighted by molar-refractivity contribution is 7.14. The quantitative estimate of drug-likeness (QED) is 0.817. The second-order valence-electron chi connectivity index (χ2n) is 6.40. The van der Waals surface area contributed by atoms with Crippen LogP contribution >= 0.6 is 11.3 Å². The second-order valence-corrected chi connectivity index (χ2v) is 7.54. The molecule has 1 fully saturated rings. The van der Waals surface area contributed by atoms with E-state index < -0.39 is 24.0 Å². The number of ether oxygens (including phenoxy) is 1. The Kier molecular flexibility index (Phi) is 5.18. The van der Waals surface area contributed by atoms with Crippen LogP contribution in [0.3, 0.4) is 0 Å². The summed E-state index contributed by atoms with van der Waals surface area (Å²) in [5.41, 5.74) is 1.21. The van der Waals surface area contributed by atoms with Gasteiger partial charge in [-0.15, -0.1) is 11.3 Å². The van der Waals surface area contributed by atoms with Crippen molar-refractivity contribution < 1.29 is 19.1 Å². The van der Waals surface area contributed by atoms with Gasteiger partial charge in [-0.3, -0.25) is 10.1 Å². The third-order valence-corrected chi connectivity index (χ3v) is 5.75. The van der Waals surface area contributed by atoms with Crippen LogP contribution in [0.4, 0.5) is 4.79 Å². The molecule has 0 unspecified atom stereocenters. The number of hydrogen-bond acceptors (Lipinski definition) is 5. The summed E-state index contributed by atoms with van der Waals surface area (Å²) in [5.74, 6) is -1.11. The van der Waals surface area contributed by atoms with E-state index in [2.05, 4.69) is 10.6 Å². The molecule has 0 spiro atoms. The molecule has 1 aromatic rings. The summed E-state index contributed by atoms with van der Waals surface area (Å²) >= 11 is 1.43. The first-order valence-corrected chi connectivity index (χ1v) is 9.28. The van der Waals surface area contributed by atoms with E-state index in [1.807, 2.05) is 6.07 Å². The lowest BCUT2D eigenvalue weighted by molar-refractivity contribution is -0.127. The van der Waals surface area contributed by atoms with Crippen LogP contribution < -0.4 is 10.6 Å². The van der Waals surface area contributed by atoms with Crippen molar-refractivity contribution in [3.05, 3.63) is 21.4 Å². The predicted molar refractivity (Wildman–Crippen MR) is 90.2 cm³/mol. The van der Waals surface area contributed by atoms with Crippen molar-refractivity contribution in [3.63, 3.8) is 0 Å². The Hall–Kier alpha value is -1.89. The number of aryl methyl sites for hydroxylation is 2. The van der Waals surface area contributed by atoms with Gasteiger partial charge in [-0.05, 0) is 50.7 Å². The average Bonchev–Trinajstić information content (AvgIpc) is 3.22. The van der Waals surface area contributed by atoms with E-state index in [9.17, 15) is 14.4 Å². The Balaban J connectivity index is 1.47. The maximum atomic E-state index is 12.1. The molecular formula is C17H22N2O4S. The molecule has 0 aliphatic heterocycles. The largest absolute Gasteiger partial charge is 0.448 e. The van der Waals surface area contributed by atoms with E-state index in [-0.39, 0.29) is 6.04 Å². The molecule has 2 N–H and O–H groups in total. The Morgan fingerprint density at radius 2 is 1.96 bits per heavy atom. The zero-order chi connectivity index (χ0) is 17.1. The fourth-order valence-corrected chi connectivity index (χ4v) is 4.34. The summed E-state index contributed by atoms with van der Waals surface area (Å²) in [5, 5.41) is 5.01. The zero-order valence-corrected chi connectivity index (χ0v) is 14.5. The molecule has 7 heteroatoms. The molecule has 1 aromatic heterocycles. The van der Waals surface area contributed by atoms with Crippen LogP contribution in [0.5, 0.6) is 0 Å². The number of esters is 1. The normalized spacial score (nSPS) is 18.0. The minimum absolute atomic E-state index is 0.129. The van der Waals surface area contributed by atoms with Crippen LogP contribution in [0.1, 0.15) is 59.1 Å². The molecule has 1 heterocycles. The molecule has 2 aliphatic carbocycles. The highest BCUT2D eigenvalue weighted by atomic mass is 32.1. The second kappa shape index (κ2) is 7.34.